The minimum Gasteiger partial charge on any atom is -0.0968 e. The summed E-state index contributed by atoms with van der Waals surface area (Å²) in [4.78, 5) is 8.43. The van der Waals surface area contributed by atoms with Crippen LogP contribution in [0.4, 0.5) is 0 Å². The zero-order valence-corrected chi connectivity index (χ0v) is 12.9. The van der Waals surface area contributed by atoms with Gasteiger partial charge in [0.1, 0.15) is 0 Å². The molecule has 1 atom stereocenters. The van der Waals surface area contributed by atoms with Gasteiger partial charge < -0.3 is 0 Å². The van der Waals surface area contributed by atoms with Crippen molar-refractivity contribution in [2.75, 3.05) is 0 Å². The van der Waals surface area contributed by atoms with Gasteiger partial charge in [-0.1, -0.05) is 75.2 Å². The van der Waals surface area contributed by atoms with Crippen LogP contribution in [0.2, 0.25) is 0 Å². The molecule has 0 aliphatic carbocycles. The first kappa shape index (κ1) is 16.3. The Kier molecular flexibility index (Phi) is 9.48. The Balaban J connectivity index is 1.83. The molecule has 2 nitrogen and oxygen atoms in total. The summed E-state index contributed by atoms with van der Waals surface area (Å²) >= 11 is 0. The number of nitrogens with zero attached hydrogens (tertiary/aromatic N) is 2. The molecule has 0 aromatic heterocycles. The van der Waals surface area contributed by atoms with Crippen LogP contribution in [-0.4, -0.2) is 12.4 Å². The third-order valence-electron chi connectivity index (χ3n) is 3.91. The van der Waals surface area contributed by atoms with Crippen molar-refractivity contribution in [3.05, 3.63) is 6.17 Å². The van der Waals surface area contributed by atoms with Crippen LogP contribution in [0.5, 0.6) is 0 Å². The van der Waals surface area contributed by atoms with Crippen molar-refractivity contribution < 1.29 is 0 Å². The predicted molar refractivity (Wildman–Crippen MR) is 85.9 cm³/mol. The maximum absolute atomic E-state index is 4.21. The highest BCUT2D eigenvalue weighted by Crippen LogP contribution is 2.21. The molecule has 0 aromatic rings. The molecule has 1 rings (SSSR count). The van der Waals surface area contributed by atoms with Gasteiger partial charge >= 0.3 is 0 Å². The highest BCUT2D eigenvalue weighted by Gasteiger charge is 2.15. The molecular weight excluding hydrogens is 232 g/mol. The number of aliphatic imine (C=N–C) groups is 2. The molecule has 19 heavy (non-hydrogen) atoms. The van der Waals surface area contributed by atoms with Crippen LogP contribution in [0.3, 0.4) is 0 Å². The third-order valence-corrected chi connectivity index (χ3v) is 3.91. The molecule has 1 aliphatic rings. The van der Waals surface area contributed by atoms with Gasteiger partial charge in [-0.2, -0.15) is 0 Å². The van der Waals surface area contributed by atoms with Gasteiger partial charge in [-0.05, 0) is 18.8 Å². The first-order valence-electron chi connectivity index (χ1n) is 8.25. The number of unbranched alkanes of at least 4 members (excludes halogenated alkanes) is 6. The Hall–Kier alpha value is -0.790. The summed E-state index contributed by atoms with van der Waals surface area (Å²) in [5.74, 6) is 0.866. The van der Waals surface area contributed by atoms with E-state index in [1.54, 1.807) is 12.4 Å². The Morgan fingerprint density at radius 1 is 0.842 bits per heavy atom. The SMILES string of the molecule is CCCCCCCCCC(C)CCC[C+]1N=CC=N1. The molecule has 0 fully saturated rings. The summed E-state index contributed by atoms with van der Waals surface area (Å²) in [5.41, 5.74) is 0. The van der Waals surface area contributed by atoms with Gasteiger partial charge in [0.15, 0.2) is 12.4 Å². The molecule has 0 aromatic carbocycles. The second kappa shape index (κ2) is 11.1. The lowest BCUT2D eigenvalue weighted by Gasteiger charge is -2.10. The summed E-state index contributed by atoms with van der Waals surface area (Å²) in [6, 6.07) is 0. The predicted octanol–water partition coefficient (Wildman–Crippen LogP) is 5.58. The molecule has 0 saturated carbocycles. The van der Waals surface area contributed by atoms with E-state index in [0.29, 0.717) is 0 Å². The fourth-order valence-corrected chi connectivity index (χ4v) is 2.60. The fraction of sp³-hybridized carbons (Fsp3) is 0.824. The van der Waals surface area contributed by atoms with Gasteiger partial charge in [0, 0.05) is 0 Å². The third kappa shape index (κ3) is 8.85. The van der Waals surface area contributed by atoms with Crippen LogP contribution in [0.15, 0.2) is 9.98 Å². The minimum atomic E-state index is 0.866. The molecule has 0 spiro atoms. The van der Waals surface area contributed by atoms with Crippen LogP contribution in [0.1, 0.15) is 84.5 Å². The standard InChI is InChI=1S/C17H31N2/c1-3-4-5-6-7-8-9-11-16(2)12-10-13-17-18-14-15-19-17/h14-16H,3-13H2,1-2H3/q+1. The highest BCUT2D eigenvalue weighted by atomic mass is 15.0. The van der Waals surface area contributed by atoms with E-state index in [0.717, 1.165) is 18.5 Å². The smallest absolute Gasteiger partial charge is 0.0968 e. The van der Waals surface area contributed by atoms with Crippen LogP contribution in [0.25, 0.3) is 0 Å². The van der Waals surface area contributed by atoms with Crippen molar-refractivity contribution in [3.63, 3.8) is 0 Å². The Bertz CT molecular complexity index is 246. The van der Waals surface area contributed by atoms with Crippen LogP contribution in [0, 0.1) is 12.1 Å². The van der Waals surface area contributed by atoms with Crippen molar-refractivity contribution in [3.8, 4) is 0 Å². The molecule has 2 heteroatoms. The van der Waals surface area contributed by atoms with Crippen molar-refractivity contribution in [1.82, 2.24) is 0 Å². The van der Waals surface area contributed by atoms with Crippen LogP contribution in [-0.2, 0) is 0 Å². The van der Waals surface area contributed by atoms with Crippen molar-refractivity contribution in [1.29, 1.82) is 0 Å². The topological polar surface area (TPSA) is 24.7 Å². The van der Waals surface area contributed by atoms with Gasteiger partial charge in [0.2, 0.25) is 6.17 Å². The van der Waals surface area contributed by atoms with E-state index in [2.05, 4.69) is 23.8 Å². The molecule has 1 heterocycles. The van der Waals surface area contributed by atoms with Crippen molar-refractivity contribution >= 4 is 12.4 Å². The van der Waals surface area contributed by atoms with Gasteiger partial charge in [-0.25, -0.2) is 0 Å². The minimum absolute atomic E-state index is 0.866. The molecule has 1 aliphatic heterocycles. The average Bonchev–Trinajstić information content (AvgIpc) is 2.91. The molecule has 0 bridgehead atoms. The lowest BCUT2D eigenvalue weighted by atomic mass is 9.96. The summed E-state index contributed by atoms with van der Waals surface area (Å²) in [6.07, 6.45) is 19.5. The second-order valence-electron chi connectivity index (χ2n) is 5.88. The maximum Gasteiger partial charge on any atom is 0.240 e. The highest BCUT2D eigenvalue weighted by molar-refractivity contribution is 6.18. The molecule has 0 radical (unpaired) electrons. The van der Waals surface area contributed by atoms with E-state index < -0.39 is 0 Å². The first-order valence-corrected chi connectivity index (χ1v) is 8.25. The zero-order valence-electron chi connectivity index (χ0n) is 12.9. The molecule has 108 valence electrons. The number of hydrogen-bond acceptors (Lipinski definition) is 2. The molecule has 0 N–H and O–H groups in total. The van der Waals surface area contributed by atoms with E-state index in [1.807, 2.05) is 0 Å². The summed E-state index contributed by atoms with van der Waals surface area (Å²) in [6.45, 7) is 4.67. The summed E-state index contributed by atoms with van der Waals surface area (Å²) in [5, 5.41) is 0. The monoisotopic (exact) mass is 263 g/mol. The van der Waals surface area contributed by atoms with E-state index >= 15 is 0 Å². The van der Waals surface area contributed by atoms with Crippen molar-refractivity contribution in [2.24, 2.45) is 15.9 Å². The zero-order chi connectivity index (χ0) is 13.8. The molecule has 0 saturated heterocycles. The number of hydrogen-bond donors (Lipinski definition) is 0. The number of rotatable bonds is 12. The first-order chi connectivity index (χ1) is 9.33. The van der Waals surface area contributed by atoms with Crippen LogP contribution >= 0.6 is 0 Å². The van der Waals surface area contributed by atoms with Gasteiger partial charge in [0.05, 0.1) is 6.42 Å². The van der Waals surface area contributed by atoms with E-state index in [4.69, 9.17) is 0 Å². The Morgan fingerprint density at radius 2 is 1.42 bits per heavy atom. The van der Waals surface area contributed by atoms with E-state index in [1.165, 1.54) is 64.2 Å². The summed E-state index contributed by atoms with van der Waals surface area (Å²) < 4.78 is 0. The molecule has 1 unspecified atom stereocenters. The normalized spacial score (nSPS) is 15.4. The van der Waals surface area contributed by atoms with Crippen LogP contribution < -0.4 is 0 Å². The van der Waals surface area contributed by atoms with Gasteiger partial charge in [-0.15, -0.1) is 0 Å². The van der Waals surface area contributed by atoms with Gasteiger partial charge in [-0.3, -0.25) is 0 Å². The largest absolute Gasteiger partial charge is 0.240 e. The van der Waals surface area contributed by atoms with E-state index in [-0.39, 0.29) is 0 Å². The van der Waals surface area contributed by atoms with E-state index in [9.17, 15) is 0 Å². The second-order valence-corrected chi connectivity index (χ2v) is 5.88. The fourth-order valence-electron chi connectivity index (χ4n) is 2.60. The lowest BCUT2D eigenvalue weighted by Crippen LogP contribution is -1.96. The Labute approximate surface area is 119 Å². The average molecular weight is 263 g/mol. The quantitative estimate of drug-likeness (QED) is 0.324. The van der Waals surface area contributed by atoms with Gasteiger partial charge in [0.25, 0.3) is 0 Å². The molecule has 0 amide bonds. The Morgan fingerprint density at radius 3 is 2.11 bits per heavy atom. The maximum atomic E-state index is 4.21. The lowest BCUT2D eigenvalue weighted by molar-refractivity contribution is 0.438. The van der Waals surface area contributed by atoms with Crippen molar-refractivity contribution in [2.45, 2.75) is 84.5 Å². The summed E-state index contributed by atoms with van der Waals surface area (Å²) in [7, 11) is 0. The molecular formula is C17H31N2+.